The largest absolute Gasteiger partial charge is 0.343 e. The highest BCUT2D eigenvalue weighted by atomic mass is 35.5. The molecule has 1 heterocycles. The molecule has 37 heavy (non-hydrogen) atoms. The first-order chi connectivity index (χ1) is 17.5. The highest BCUT2D eigenvalue weighted by molar-refractivity contribution is 7.90. The van der Waals surface area contributed by atoms with Crippen molar-refractivity contribution in [2.75, 3.05) is 6.26 Å². The van der Waals surface area contributed by atoms with E-state index < -0.39 is 21.7 Å². The molecule has 4 aromatic rings. The van der Waals surface area contributed by atoms with E-state index in [1.807, 2.05) is 30.3 Å². The van der Waals surface area contributed by atoms with Crippen LogP contribution >= 0.6 is 11.6 Å². The average Bonchev–Trinajstić information content (AvgIpc) is 2.86. The number of halogens is 2. The topological polar surface area (TPSA) is 82.2 Å². The summed E-state index contributed by atoms with van der Waals surface area (Å²) in [4.78, 5) is 13.8. The van der Waals surface area contributed by atoms with Gasteiger partial charge in [0.2, 0.25) is 0 Å². The fourth-order valence-electron chi connectivity index (χ4n) is 4.72. The monoisotopic (exact) mass is 538 g/mol. The first kappa shape index (κ1) is 26.8. The van der Waals surface area contributed by atoms with E-state index in [1.165, 1.54) is 18.2 Å². The van der Waals surface area contributed by atoms with E-state index in [0.717, 1.165) is 11.8 Å². The summed E-state index contributed by atoms with van der Waals surface area (Å²) < 4.78 is 41.8. The van der Waals surface area contributed by atoms with Gasteiger partial charge in [0.15, 0.2) is 15.3 Å². The summed E-state index contributed by atoms with van der Waals surface area (Å²) >= 11 is 6.51. The molecule has 0 saturated carbocycles. The third-order valence-electron chi connectivity index (χ3n) is 6.70. The highest BCUT2D eigenvalue weighted by Crippen LogP contribution is 2.31. The van der Waals surface area contributed by atoms with E-state index in [1.54, 1.807) is 42.7 Å². The maximum absolute atomic E-state index is 15.0. The number of hydrogen-bond acceptors (Lipinski definition) is 4. The van der Waals surface area contributed by atoms with Crippen molar-refractivity contribution in [3.63, 3.8) is 0 Å². The molecule has 192 valence electrons. The standard InChI is InChI=1S/C29H28ClFN2O3S/c1-18-22(16-26(32)20-10-5-4-6-11-20)29(34)28(21-12-7-8-13-24(21)30)19(2)33(18)17-23-25(31)14-9-15-27(23)37(3,35)36/h4-15,26H,16-17,32H2,1-3H3. The molecule has 0 aliphatic carbocycles. The Hall–Kier alpha value is -3.26. The Labute approximate surface area is 221 Å². The number of aromatic nitrogens is 1. The molecule has 1 unspecified atom stereocenters. The van der Waals surface area contributed by atoms with Gasteiger partial charge in [0.05, 0.1) is 17.0 Å². The van der Waals surface area contributed by atoms with Gasteiger partial charge in [0, 0.05) is 45.4 Å². The summed E-state index contributed by atoms with van der Waals surface area (Å²) in [5.74, 6) is -0.637. The maximum Gasteiger partial charge on any atom is 0.193 e. The van der Waals surface area contributed by atoms with Crippen LogP contribution in [0, 0.1) is 19.7 Å². The predicted molar refractivity (Wildman–Crippen MR) is 146 cm³/mol. The van der Waals surface area contributed by atoms with E-state index in [4.69, 9.17) is 17.3 Å². The Bertz CT molecular complexity index is 1630. The zero-order valence-corrected chi connectivity index (χ0v) is 22.4. The van der Waals surface area contributed by atoms with Gasteiger partial charge in [0.25, 0.3) is 0 Å². The van der Waals surface area contributed by atoms with Gasteiger partial charge in [-0.2, -0.15) is 0 Å². The zero-order chi connectivity index (χ0) is 26.9. The lowest BCUT2D eigenvalue weighted by molar-refractivity contribution is 0.571. The smallest absolute Gasteiger partial charge is 0.193 e. The molecular weight excluding hydrogens is 511 g/mol. The Kier molecular flexibility index (Phi) is 7.69. The van der Waals surface area contributed by atoms with Gasteiger partial charge < -0.3 is 10.3 Å². The molecule has 0 amide bonds. The second-order valence-electron chi connectivity index (χ2n) is 9.13. The number of pyridine rings is 1. The van der Waals surface area contributed by atoms with E-state index in [0.29, 0.717) is 33.1 Å². The zero-order valence-electron chi connectivity index (χ0n) is 20.8. The van der Waals surface area contributed by atoms with Crippen molar-refractivity contribution in [3.05, 3.63) is 122 Å². The van der Waals surface area contributed by atoms with Crippen LogP contribution in [0.15, 0.2) is 82.5 Å². The SMILES string of the molecule is Cc1c(CC(N)c2ccccc2)c(=O)c(-c2ccccc2Cl)c(C)n1Cc1c(F)cccc1S(C)(=O)=O. The lowest BCUT2D eigenvalue weighted by Crippen LogP contribution is -2.27. The van der Waals surface area contributed by atoms with E-state index >= 15 is 4.39 Å². The average molecular weight is 539 g/mol. The summed E-state index contributed by atoms with van der Waals surface area (Å²) in [6.07, 6.45) is 1.29. The minimum absolute atomic E-state index is 0.0308. The first-order valence-corrected chi connectivity index (χ1v) is 14.0. The number of sulfone groups is 1. The van der Waals surface area contributed by atoms with Gasteiger partial charge >= 0.3 is 0 Å². The Morgan fingerprint density at radius 1 is 0.919 bits per heavy atom. The Morgan fingerprint density at radius 2 is 1.57 bits per heavy atom. The first-order valence-electron chi connectivity index (χ1n) is 11.8. The molecule has 0 radical (unpaired) electrons. The molecule has 4 rings (SSSR count). The molecule has 0 spiro atoms. The Morgan fingerprint density at radius 3 is 2.22 bits per heavy atom. The lowest BCUT2D eigenvalue weighted by Gasteiger charge is -2.24. The molecule has 1 atom stereocenters. The second-order valence-corrected chi connectivity index (χ2v) is 11.5. The van der Waals surface area contributed by atoms with Crippen LogP contribution in [0.2, 0.25) is 5.02 Å². The molecule has 0 saturated heterocycles. The second kappa shape index (κ2) is 10.6. The molecule has 8 heteroatoms. The van der Waals surface area contributed by atoms with Crippen LogP contribution < -0.4 is 11.2 Å². The van der Waals surface area contributed by atoms with Crippen LogP contribution in [-0.4, -0.2) is 19.2 Å². The summed E-state index contributed by atoms with van der Waals surface area (Å²) in [6, 6.07) is 20.0. The maximum atomic E-state index is 15.0. The van der Waals surface area contributed by atoms with Gasteiger partial charge in [-0.15, -0.1) is 0 Å². The quantitative estimate of drug-likeness (QED) is 0.331. The summed E-state index contributed by atoms with van der Waals surface area (Å²) in [7, 11) is -3.70. The van der Waals surface area contributed by atoms with Crippen LogP contribution in [0.4, 0.5) is 4.39 Å². The van der Waals surface area contributed by atoms with E-state index in [2.05, 4.69) is 0 Å². The number of hydrogen-bond donors (Lipinski definition) is 1. The van der Waals surface area contributed by atoms with Gasteiger partial charge in [-0.25, -0.2) is 12.8 Å². The van der Waals surface area contributed by atoms with E-state index in [-0.39, 0.29) is 28.9 Å². The van der Waals surface area contributed by atoms with Crippen LogP contribution in [0.5, 0.6) is 0 Å². The number of nitrogens with zero attached hydrogens (tertiary/aromatic N) is 1. The van der Waals surface area contributed by atoms with E-state index in [9.17, 15) is 13.2 Å². The molecule has 0 aliphatic heterocycles. The van der Waals surface area contributed by atoms with Gasteiger partial charge in [0.1, 0.15) is 5.82 Å². The summed E-state index contributed by atoms with van der Waals surface area (Å²) in [5, 5.41) is 0.402. The number of benzene rings is 3. The minimum Gasteiger partial charge on any atom is -0.343 e. The fraction of sp³-hybridized carbons (Fsp3) is 0.207. The molecular formula is C29H28ClFN2O3S. The van der Waals surface area contributed by atoms with Crippen molar-refractivity contribution in [1.82, 2.24) is 4.57 Å². The number of rotatable bonds is 7. The lowest BCUT2D eigenvalue weighted by atomic mass is 9.93. The van der Waals surface area contributed by atoms with Crippen molar-refractivity contribution in [2.45, 2.75) is 37.8 Å². The van der Waals surface area contributed by atoms with Crippen molar-refractivity contribution >= 4 is 21.4 Å². The van der Waals surface area contributed by atoms with Crippen molar-refractivity contribution in [1.29, 1.82) is 0 Å². The highest BCUT2D eigenvalue weighted by Gasteiger charge is 2.24. The molecule has 0 aliphatic rings. The molecule has 0 fully saturated rings. The van der Waals surface area contributed by atoms with Crippen LogP contribution in [-0.2, 0) is 22.8 Å². The van der Waals surface area contributed by atoms with Crippen molar-refractivity contribution < 1.29 is 12.8 Å². The predicted octanol–water partition coefficient (Wildman–Crippen LogP) is 5.62. The Balaban J connectivity index is 1.98. The third-order valence-corrected chi connectivity index (χ3v) is 8.21. The summed E-state index contributed by atoms with van der Waals surface area (Å²) in [6.45, 7) is 3.45. The minimum atomic E-state index is -3.70. The van der Waals surface area contributed by atoms with Crippen molar-refractivity contribution in [3.8, 4) is 11.1 Å². The molecule has 2 N–H and O–H groups in total. The third kappa shape index (κ3) is 5.39. The number of nitrogens with two attached hydrogens (primary N) is 1. The van der Waals surface area contributed by atoms with Gasteiger partial charge in [-0.05, 0) is 44.0 Å². The molecule has 3 aromatic carbocycles. The van der Waals surface area contributed by atoms with Crippen LogP contribution in [0.3, 0.4) is 0 Å². The van der Waals surface area contributed by atoms with Gasteiger partial charge in [-0.3, -0.25) is 4.79 Å². The molecule has 5 nitrogen and oxygen atoms in total. The van der Waals surface area contributed by atoms with Crippen LogP contribution in [0.25, 0.3) is 11.1 Å². The molecule has 1 aromatic heterocycles. The van der Waals surface area contributed by atoms with Crippen LogP contribution in [0.1, 0.15) is 34.1 Å². The summed E-state index contributed by atoms with van der Waals surface area (Å²) in [5.41, 5.74) is 9.75. The van der Waals surface area contributed by atoms with Crippen molar-refractivity contribution in [2.24, 2.45) is 5.73 Å². The fourth-order valence-corrected chi connectivity index (χ4v) is 5.89. The van der Waals surface area contributed by atoms with Gasteiger partial charge in [-0.1, -0.05) is 66.2 Å². The molecule has 0 bridgehead atoms. The normalized spacial score (nSPS) is 12.5.